The molecule has 5 rings (SSSR count). The minimum Gasteiger partial charge on any atom is -0.494 e. The molecule has 162 valence electrons. The van der Waals surface area contributed by atoms with Gasteiger partial charge in [0.05, 0.1) is 31.0 Å². The second-order valence-corrected chi connectivity index (χ2v) is 7.73. The first kappa shape index (κ1) is 20.1. The number of carbonyl (C=O) groups is 1. The number of hydrazone groups is 1. The van der Waals surface area contributed by atoms with Gasteiger partial charge < -0.3 is 14.2 Å². The van der Waals surface area contributed by atoms with E-state index in [1.165, 1.54) is 7.11 Å². The lowest BCUT2D eigenvalue weighted by molar-refractivity contribution is -0.0190. The summed E-state index contributed by atoms with van der Waals surface area (Å²) in [6.45, 7) is 2.61. The number of ether oxygens (including phenoxy) is 3. The van der Waals surface area contributed by atoms with E-state index >= 15 is 0 Å². The number of benzene rings is 3. The summed E-state index contributed by atoms with van der Waals surface area (Å²) >= 11 is 0. The average molecular weight is 428 g/mol. The Morgan fingerprint density at radius 3 is 2.53 bits per heavy atom. The number of fused-ring (bicyclic) bond motifs is 3. The highest BCUT2D eigenvalue weighted by Gasteiger charge is 2.40. The maximum atomic E-state index is 11.8. The molecule has 2 aliphatic heterocycles. The van der Waals surface area contributed by atoms with E-state index in [0.717, 1.165) is 40.3 Å². The van der Waals surface area contributed by atoms with Gasteiger partial charge >= 0.3 is 5.97 Å². The molecule has 32 heavy (non-hydrogen) atoms. The fourth-order valence-corrected chi connectivity index (χ4v) is 4.24. The van der Waals surface area contributed by atoms with E-state index in [4.69, 9.17) is 19.3 Å². The molecule has 0 spiro atoms. The quantitative estimate of drug-likeness (QED) is 0.528. The van der Waals surface area contributed by atoms with Crippen LogP contribution in [0.3, 0.4) is 0 Å². The maximum absolute atomic E-state index is 11.8. The molecule has 3 aromatic carbocycles. The van der Waals surface area contributed by atoms with Crippen molar-refractivity contribution in [3.05, 3.63) is 95.1 Å². The summed E-state index contributed by atoms with van der Waals surface area (Å²) in [6, 6.07) is 23.5. The van der Waals surface area contributed by atoms with Gasteiger partial charge in [-0.05, 0) is 55.0 Å². The van der Waals surface area contributed by atoms with Crippen LogP contribution in [0.15, 0.2) is 77.9 Å². The molecule has 0 aliphatic carbocycles. The summed E-state index contributed by atoms with van der Waals surface area (Å²) in [5.74, 6) is 1.35. The second-order valence-electron chi connectivity index (χ2n) is 7.73. The Morgan fingerprint density at radius 1 is 1.06 bits per heavy atom. The Balaban J connectivity index is 1.50. The zero-order valence-electron chi connectivity index (χ0n) is 18.0. The normalized spacial score (nSPS) is 18.8. The van der Waals surface area contributed by atoms with Crippen LogP contribution < -0.4 is 9.47 Å². The van der Waals surface area contributed by atoms with Crippen LogP contribution in [-0.2, 0) is 4.74 Å². The van der Waals surface area contributed by atoms with Gasteiger partial charge in [0, 0.05) is 17.5 Å². The van der Waals surface area contributed by atoms with E-state index in [0.29, 0.717) is 12.2 Å². The summed E-state index contributed by atoms with van der Waals surface area (Å²) in [5, 5.41) is 7.01. The van der Waals surface area contributed by atoms with Crippen molar-refractivity contribution in [2.45, 2.75) is 25.6 Å². The number of esters is 1. The third-order valence-electron chi connectivity index (χ3n) is 5.81. The summed E-state index contributed by atoms with van der Waals surface area (Å²) in [6.07, 6.45) is 0.396. The summed E-state index contributed by atoms with van der Waals surface area (Å²) < 4.78 is 16.8. The largest absolute Gasteiger partial charge is 0.494 e. The van der Waals surface area contributed by atoms with Gasteiger partial charge in [0.1, 0.15) is 11.5 Å². The SMILES string of the molecule is CCOc1ccc(C2=NN3[C@H](C2)c2ccccc2O[C@H]3c2ccc(C(=O)OC)cc2)cc1. The molecule has 0 aromatic heterocycles. The molecule has 0 amide bonds. The zero-order valence-corrected chi connectivity index (χ0v) is 18.0. The van der Waals surface area contributed by atoms with Crippen LogP contribution >= 0.6 is 0 Å². The van der Waals surface area contributed by atoms with Crippen molar-refractivity contribution in [3.8, 4) is 11.5 Å². The number of methoxy groups -OCH3 is 1. The minimum atomic E-state index is -0.387. The van der Waals surface area contributed by atoms with Crippen molar-refractivity contribution in [1.29, 1.82) is 0 Å². The van der Waals surface area contributed by atoms with Crippen LogP contribution in [0.1, 0.15) is 52.7 Å². The molecule has 0 saturated carbocycles. The molecule has 6 nitrogen and oxygen atoms in total. The van der Waals surface area contributed by atoms with Gasteiger partial charge in [-0.15, -0.1) is 0 Å². The van der Waals surface area contributed by atoms with Crippen molar-refractivity contribution in [1.82, 2.24) is 5.01 Å². The molecule has 0 saturated heterocycles. The van der Waals surface area contributed by atoms with E-state index in [-0.39, 0.29) is 18.2 Å². The van der Waals surface area contributed by atoms with E-state index in [1.54, 1.807) is 12.1 Å². The molecule has 3 aromatic rings. The average Bonchev–Trinajstić information content (AvgIpc) is 3.30. The van der Waals surface area contributed by atoms with Gasteiger partial charge in [0.15, 0.2) is 0 Å². The lowest BCUT2D eigenvalue weighted by atomic mass is 9.96. The van der Waals surface area contributed by atoms with Gasteiger partial charge in [-0.1, -0.05) is 30.3 Å². The van der Waals surface area contributed by atoms with E-state index in [2.05, 4.69) is 18.2 Å². The fourth-order valence-electron chi connectivity index (χ4n) is 4.24. The Labute approximate surface area is 187 Å². The van der Waals surface area contributed by atoms with Crippen molar-refractivity contribution >= 4 is 11.7 Å². The molecule has 2 heterocycles. The number of carbonyl (C=O) groups excluding carboxylic acids is 1. The highest BCUT2D eigenvalue weighted by molar-refractivity contribution is 6.02. The van der Waals surface area contributed by atoms with Gasteiger partial charge in [-0.3, -0.25) is 0 Å². The second kappa shape index (κ2) is 8.38. The minimum absolute atomic E-state index is 0.0757. The highest BCUT2D eigenvalue weighted by Crippen LogP contribution is 2.47. The van der Waals surface area contributed by atoms with E-state index < -0.39 is 0 Å². The Hall–Kier alpha value is -3.80. The number of rotatable bonds is 5. The summed E-state index contributed by atoms with van der Waals surface area (Å²) in [7, 11) is 1.38. The number of hydrogen-bond acceptors (Lipinski definition) is 6. The molecule has 2 atom stereocenters. The predicted octanol–water partition coefficient (Wildman–Crippen LogP) is 5.11. The first-order valence-corrected chi connectivity index (χ1v) is 10.7. The lowest BCUT2D eigenvalue weighted by Crippen LogP contribution is -2.33. The van der Waals surface area contributed by atoms with Crippen LogP contribution in [0.2, 0.25) is 0 Å². The Bertz CT molecular complexity index is 1160. The smallest absolute Gasteiger partial charge is 0.337 e. The fraction of sp³-hybridized carbons (Fsp3) is 0.231. The molecular formula is C26H24N2O4. The number of para-hydroxylation sites is 1. The molecule has 6 heteroatoms. The molecule has 0 unspecified atom stereocenters. The maximum Gasteiger partial charge on any atom is 0.337 e. The highest BCUT2D eigenvalue weighted by atomic mass is 16.5. The standard InChI is InChI=1S/C26H24N2O4/c1-3-31-20-14-12-17(13-15-20)22-16-23-21-6-4-5-7-24(21)32-25(28(23)27-22)18-8-10-19(11-9-18)26(29)30-2/h4-15,23,25H,3,16H2,1-2H3/t23-,25+/m1/s1. The third kappa shape index (κ3) is 3.58. The predicted molar refractivity (Wildman–Crippen MR) is 121 cm³/mol. The van der Waals surface area contributed by atoms with Crippen molar-refractivity contribution < 1.29 is 19.0 Å². The first-order valence-electron chi connectivity index (χ1n) is 10.7. The van der Waals surface area contributed by atoms with Crippen LogP contribution in [-0.4, -0.2) is 30.4 Å². The molecule has 0 radical (unpaired) electrons. The van der Waals surface area contributed by atoms with Gasteiger partial charge in [-0.25, -0.2) is 9.80 Å². The molecule has 0 bridgehead atoms. The number of nitrogens with zero attached hydrogens (tertiary/aromatic N) is 2. The van der Waals surface area contributed by atoms with Crippen molar-refractivity contribution in [2.75, 3.05) is 13.7 Å². The molecule has 2 aliphatic rings. The van der Waals surface area contributed by atoms with Gasteiger partial charge in [0.2, 0.25) is 6.23 Å². The lowest BCUT2D eigenvalue weighted by Gasteiger charge is -2.38. The topological polar surface area (TPSA) is 60.4 Å². The van der Waals surface area contributed by atoms with Crippen LogP contribution in [0, 0.1) is 0 Å². The Morgan fingerprint density at radius 2 is 1.81 bits per heavy atom. The van der Waals surface area contributed by atoms with Gasteiger partial charge in [-0.2, -0.15) is 5.10 Å². The Kier molecular flexibility index (Phi) is 5.27. The summed E-state index contributed by atoms with van der Waals surface area (Å²) in [5.41, 5.74) is 4.63. The third-order valence-corrected chi connectivity index (χ3v) is 5.81. The van der Waals surface area contributed by atoms with Crippen LogP contribution in [0.5, 0.6) is 11.5 Å². The molecule has 0 N–H and O–H groups in total. The molecule has 0 fully saturated rings. The van der Waals surface area contributed by atoms with E-state index in [1.807, 2.05) is 54.4 Å². The van der Waals surface area contributed by atoms with E-state index in [9.17, 15) is 4.79 Å². The number of hydrogen-bond donors (Lipinski definition) is 0. The van der Waals surface area contributed by atoms with Crippen LogP contribution in [0.4, 0.5) is 0 Å². The molecular weight excluding hydrogens is 404 g/mol. The van der Waals surface area contributed by atoms with Crippen molar-refractivity contribution in [3.63, 3.8) is 0 Å². The van der Waals surface area contributed by atoms with Crippen molar-refractivity contribution in [2.24, 2.45) is 5.10 Å². The first-order chi connectivity index (χ1) is 15.7. The summed E-state index contributed by atoms with van der Waals surface area (Å²) in [4.78, 5) is 11.8. The monoisotopic (exact) mass is 428 g/mol. The van der Waals surface area contributed by atoms with Gasteiger partial charge in [0.25, 0.3) is 0 Å². The zero-order chi connectivity index (χ0) is 22.1. The van der Waals surface area contributed by atoms with Crippen LogP contribution in [0.25, 0.3) is 0 Å².